The van der Waals surface area contributed by atoms with Crippen molar-refractivity contribution in [2.24, 2.45) is 0 Å². The lowest BCUT2D eigenvalue weighted by molar-refractivity contribution is -1.03. The fourth-order valence-corrected chi connectivity index (χ4v) is 2.31. The van der Waals surface area contributed by atoms with Gasteiger partial charge in [0.1, 0.15) is 19.7 Å². The van der Waals surface area contributed by atoms with E-state index in [1.54, 1.807) is 30.3 Å². The van der Waals surface area contributed by atoms with Crippen LogP contribution in [-0.2, 0) is 21.0 Å². The largest absolute Gasteiger partial charge is 0.559 e. The Morgan fingerprint density at radius 2 is 1.83 bits per heavy atom. The molecular formula is C15H18F3N2O4+. The van der Waals surface area contributed by atoms with Crippen LogP contribution in [0.2, 0.25) is 0 Å². The van der Waals surface area contributed by atoms with Crippen molar-refractivity contribution >= 4 is 12.1 Å². The highest BCUT2D eigenvalue weighted by atomic mass is 19.4. The number of amides is 1. The van der Waals surface area contributed by atoms with Gasteiger partial charge >= 0.3 is 18.2 Å². The Labute approximate surface area is 136 Å². The topological polar surface area (TPSA) is 64.6 Å². The summed E-state index contributed by atoms with van der Waals surface area (Å²) in [6.45, 7) is 0.412. The molecule has 1 aliphatic heterocycles. The van der Waals surface area contributed by atoms with Crippen LogP contribution >= 0.6 is 0 Å². The summed E-state index contributed by atoms with van der Waals surface area (Å²) in [6.07, 6.45) is -5.82. The molecule has 132 valence electrons. The Kier molecular flexibility index (Phi) is 5.79. The van der Waals surface area contributed by atoms with Crippen LogP contribution in [0.5, 0.6) is 0 Å². The van der Waals surface area contributed by atoms with Crippen LogP contribution in [0.4, 0.5) is 18.0 Å². The predicted molar refractivity (Wildman–Crippen MR) is 76.3 cm³/mol. The lowest BCUT2D eigenvalue weighted by atomic mass is 10.2. The van der Waals surface area contributed by atoms with Crippen molar-refractivity contribution in [1.29, 1.82) is 0 Å². The average molecular weight is 347 g/mol. The molecule has 1 aromatic carbocycles. The third kappa shape index (κ3) is 4.68. The summed E-state index contributed by atoms with van der Waals surface area (Å²) in [7, 11) is 0. The number of quaternary nitrogens is 1. The normalized spacial score (nSPS) is 21.6. The molecule has 1 heterocycles. The van der Waals surface area contributed by atoms with Gasteiger partial charge in [-0.15, -0.1) is 0 Å². The molecule has 2 rings (SSSR count). The van der Waals surface area contributed by atoms with Crippen LogP contribution in [0.3, 0.4) is 0 Å². The lowest BCUT2D eigenvalue weighted by Crippen LogP contribution is -2.57. The van der Waals surface area contributed by atoms with Crippen LogP contribution in [0, 0.1) is 0 Å². The van der Waals surface area contributed by atoms with E-state index in [-0.39, 0.29) is 26.2 Å². The molecule has 0 aromatic heterocycles. The van der Waals surface area contributed by atoms with Gasteiger partial charge in [0.2, 0.25) is 0 Å². The minimum atomic E-state index is -5.18. The van der Waals surface area contributed by atoms with Crippen molar-refractivity contribution in [3.63, 3.8) is 0 Å². The number of alkyl halides is 3. The monoisotopic (exact) mass is 347 g/mol. The van der Waals surface area contributed by atoms with E-state index < -0.39 is 22.9 Å². The summed E-state index contributed by atoms with van der Waals surface area (Å²) in [5.41, 5.74) is 0.680. The van der Waals surface area contributed by atoms with Crippen molar-refractivity contribution in [2.75, 3.05) is 26.2 Å². The fraction of sp³-hybridized carbons (Fsp3) is 0.467. The molecule has 1 amide bonds. The number of carbonyl (C=O) groups excluding carboxylic acids is 2. The van der Waals surface area contributed by atoms with E-state index in [4.69, 9.17) is 4.74 Å². The number of hydrogen-bond donors (Lipinski definition) is 1. The summed E-state index contributed by atoms with van der Waals surface area (Å²) in [4.78, 5) is 28.2. The number of rotatable bonds is 2. The number of halogens is 3. The maximum atomic E-state index is 12.5. The number of carbonyl (C=O) groups is 2. The fourth-order valence-electron chi connectivity index (χ4n) is 2.31. The predicted octanol–water partition coefficient (Wildman–Crippen LogP) is 2.15. The SMILES string of the molecule is O=C(O[N+]1(C(=O)OCc2ccccc2)CCCNCC1)C(F)(F)F. The van der Waals surface area contributed by atoms with Gasteiger partial charge in [-0.1, -0.05) is 30.3 Å². The van der Waals surface area contributed by atoms with Crippen LogP contribution in [0.15, 0.2) is 30.3 Å². The van der Waals surface area contributed by atoms with E-state index in [0.29, 0.717) is 18.5 Å². The standard InChI is InChI=1S/C15H18F3N2O4/c16-15(17,18)13(21)24-20(9-4-7-19-8-10-20)14(22)23-11-12-5-2-1-3-6-12/h1-3,5-6,19H,4,7-11H2/q+1. The molecule has 1 atom stereocenters. The summed E-state index contributed by atoms with van der Waals surface area (Å²) in [5.74, 6) is -2.40. The lowest BCUT2D eigenvalue weighted by Gasteiger charge is -2.29. The van der Waals surface area contributed by atoms with Crippen molar-refractivity contribution in [3.8, 4) is 0 Å². The number of nitrogens with zero attached hydrogens (tertiary/aromatic N) is 1. The minimum Gasteiger partial charge on any atom is -0.412 e. The molecule has 0 bridgehead atoms. The maximum Gasteiger partial charge on any atom is 0.559 e. The number of hydroxylamine groups is 3. The molecule has 9 heteroatoms. The molecule has 0 saturated carbocycles. The van der Waals surface area contributed by atoms with E-state index in [0.717, 1.165) is 0 Å². The summed E-state index contributed by atoms with van der Waals surface area (Å²) >= 11 is 0. The van der Waals surface area contributed by atoms with E-state index in [1.807, 2.05) is 0 Å². The molecule has 1 N–H and O–H groups in total. The van der Waals surface area contributed by atoms with Gasteiger partial charge in [-0.25, -0.2) is 4.79 Å². The van der Waals surface area contributed by atoms with Crippen molar-refractivity contribution in [3.05, 3.63) is 35.9 Å². The molecule has 1 unspecified atom stereocenters. The first-order chi connectivity index (χ1) is 11.3. The van der Waals surface area contributed by atoms with Gasteiger partial charge in [0.25, 0.3) is 0 Å². The van der Waals surface area contributed by atoms with E-state index >= 15 is 0 Å². The first-order valence-electron chi connectivity index (χ1n) is 7.43. The van der Waals surface area contributed by atoms with Crippen molar-refractivity contribution < 1.29 is 37.0 Å². The van der Waals surface area contributed by atoms with Crippen LogP contribution in [0.1, 0.15) is 12.0 Å². The minimum absolute atomic E-state index is 0.0809. The molecule has 1 aromatic rings. The Hall–Kier alpha value is -2.13. The zero-order chi connectivity index (χ0) is 17.6. The molecule has 0 radical (unpaired) electrons. The van der Waals surface area contributed by atoms with Gasteiger partial charge in [0, 0.05) is 19.5 Å². The van der Waals surface area contributed by atoms with Crippen LogP contribution < -0.4 is 5.32 Å². The van der Waals surface area contributed by atoms with Gasteiger partial charge in [0.05, 0.1) is 0 Å². The van der Waals surface area contributed by atoms with Crippen LogP contribution in [-0.4, -0.2) is 49.1 Å². The number of ether oxygens (including phenoxy) is 1. The number of nitrogens with one attached hydrogen (secondary N) is 1. The zero-order valence-electron chi connectivity index (χ0n) is 12.8. The second kappa shape index (κ2) is 7.63. The van der Waals surface area contributed by atoms with Crippen molar-refractivity contribution in [2.45, 2.75) is 19.2 Å². The second-order valence-electron chi connectivity index (χ2n) is 5.36. The third-order valence-corrected chi connectivity index (χ3v) is 3.55. The first kappa shape index (κ1) is 18.2. The molecule has 24 heavy (non-hydrogen) atoms. The Morgan fingerprint density at radius 3 is 2.50 bits per heavy atom. The quantitative estimate of drug-likeness (QED) is 0.831. The highest BCUT2D eigenvalue weighted by Gasteiger charge is 2.52. The Balaban J connectivity index is 2.12. The van der Waals surface area contributed by atoms with Gasteiger partial charge in [-0.2, -0.15) is 18.0 Å². The molecule has 1 aliphatic rings. The molecule has 6 nitrogen and oxygen atoms in total. The van der Waals surface area contributed by atoms with Gasteiger partial charge in [0.15, 0.2) is 0 Å². The molecule has 0 spiro atoms. The van der Waals surface area contributed by atoms with Crippen LogP contribution in [0.25, 0.3) is 0 Å². The van der Waals surface area contributed by atoms with E-state index in [9.17, 15) is 22.8 Å². The highest BCUT2D eigenvalue weighted by Crippen LogP contribution is 2.23. The smallest absolute Gasteiger partial charge is 0.412 e. The molecule has 0 aliphatic carbocycles. The molecule has 1 saturated heterocycles. The van der Waals surface area contributed by atoms with E-state index in [2.05, 4.69) is 10.2 Å². The van der Waals surface area contributed by atoms with Gasteiger partial charge in [-0.05, 0) is 10.2 Å². The zero-order valence-corrected chi connectivity index (χ0v) is 12.8. The van der Waals surface area contributed by atoms with Gasteiger partial charge in [-0.3, -0.25) is 4.84 Å². The Bertz CT molecular complexity index is 570. The average Bonchev–Trinajstić information content (AvgIpc) is 2.79. The molecular weight excluding hydrogens is 329 g/mol. The number of hydrogen-bond acceptors (Lipinski definition) is 5. The molecule has 1 fully saturated rings. The highest BCUT2D eigenvalue weighted by molar-refractivity contribution is 5.75. The van der Waals surface area contributed by atoms with E-state index in [1.165, 1.54) is 0 Å². The Morgan fingerprint density at radius 1 is 1.12 bits per heavy atom. The number of benzene rings is 1. The summed E-state index contributed by atoms with van der Waals surface area (Å²) < 4.78 is 41.6. The third-order valence-electron chi connectivity index (χ3n) is 3.55. The maximum absolute atomic E-state index is 12.5. The second-order valence-corrected chi connectivity index (χ2v) is 5.36. The van der Waals surface area contributed by atoms with Crippen molar-refractivity contribution in [1.82, 2.24) is 5.32 Å². The first-order valence-corrected chi connectivity index (χ1v) is 7.43. The van der Waals surface area contributed by atoms with Gasteiger partial charge < -0.3 is 10.1 Å². The summed E-state index contributed by atoms with van der Waals surface area (Å²) in [5, 5.41) is 2.95. The summed E-state index contributed by atoms with van der Waals surface area (Å²) in [6, 6.07) is 8.69.